The van der Waals surface area contributed by atoms with Crippen molar-refractivity contribution in [3.63, 3.8) is 0 Å². The van der Waals surface area contributed by atoms with Crippen LogP contribution in [0.15, 0.2) is 52.9 Å². The van der Waals surface area contributed by atoms with E-state index in [4.69, 9.17) is 4.42 Å². The summed E-state index contributed by atoms with van der Waals surface area (Å²) < 4.78 is 7.70. The van der Waals surface area contributed by atoms with Gasteiger partial charge in [-0.3, -0.25) is 4.79 Å². The molecule has 136 valence electrons. The van der Waals surface area contributed by atoms with Gasteiger partial charge in [-0.25, -0.2) is 4.68 Å². The van der Waals surface area contributed by atoms with Gasteiger partial charge in [0, 0.05) is 24.5 Å². The highest BCUT2D eigenvalue weighted by Gasteiger charge is 2.20. The third-order valence-electron chi connectivity index (χ3n) is 4.05. The second-order valence-electron chi connectivity index (χ2n) is 7.43. The molecule has 0 fully saturated rings. The van der Waals surface area contributed by atoms with E-state index in [0.717, 1.165) is 28.6 Å². The molecule has 1 N–H and O–H groups in total. The van der Waals surface area contributed by atoms with E-state index < -0.39 is 0 Å². The average molecular weight is 351 g/mol. The number of aromatic nitrogens is 2. The summed E-state index contributed by atoms with van der Waals surface area (Å²) in [5.41, 5.74) is 1.73. The van der Waals surface area contributed by atoms with Crippen molar-refractivity contribution in [2.45, 2.75) is 46.1 Å². The highest BCUT2D eigenvalue weighted by atomic mass is 16.3. The first-order valence-corrected chi connectivity index (χ1v) is 8.84. The van der Waals surface area contributed by atoms with Crippen molar-refractivity contribution in [2.24, 2.45) is 0 Å². The van der Waals surface area contributed by atoms with Gasteiger partial charge < -0.3 is 9.73 Å². The summed E-state index contributed by atoms with van der Waals surface area (Å²) >= 11 is 0. The Hall–Kier alpha value is -2.82. The van der Waals surface area contributed by atoms with E-state index in [1.54, 1.807) is 0 Å². The third kappa shape index (κ3) is 4.23. The van der Waals surface area contributed by atoms with Crippen LogP contribution in [0.3, 0.4) is 0 Å². The standard InChI is InChI=1S/C21H25N3O2/c1-15-14-19(24(23-15)21(2,3)4)22-20(25)13-11-17-10-12-18(26-17)16-8-6-5-7-9-16/h5-10,12,14H,11,13H2,1-4H3,(H,22,25). The van der Waals surface area contributed by atoms with Gasteiger partial charge in [-0.05, 0) is 39.8 Å². The fourth-order valence-corrected chi connectivity index (χ4v) is 2.81. The molecule has 0 aliphatic rings. The van der Waals surface area contributed by atoms with Gasteiger partial charge >= 0.3 is 0 Å². The summed E-state index contributed by atoms with van der Waals surface area (Å²) in [5.74, 6) is 2.31. The minimum Gasteiger partial charge on any atom is -0.461 e. The SMILES string of the molecule is Cc1cc(NC(=O)CCc2ccc(-c3ccccc3)o2)n(C(C)(C)C)n1. The van der Waals surface area contributed by atoms with Crippen LogP contribution in [0.1, 0.15) is 38.6 Å². The number of nitrogens with zero attached hydrogens (tertiary/aromatic N) is 2. The molecule has 3 rings (SSSR count). The van der Waals surface area contributed by atoms with Crippen LogP contribution in [-0.4, -0.2) is 15.7 Å². The normalized spacial score (nSPS) is 11.5. The van der Waals surface area contributed by atoms with Crippen LogP contribution in [-0.2, 0) is 16.8 Å². The van der Waals surface area contributed by atoms with E-state index in [1.165, 1.54) is 0 Å². The molecule has 2 aromatic heterocycles. The number of hydrogen-bond donors (Lipinski definition) is 1. The maximum atomic E-state index is 12.4. The number of amides is 1. The smallest absolute Gasteiger partial charge is 0.225 e. The molecule has 3 aromatic rings. The zero-order valence-electron chi connectivity index (χ0n) is 15.7. The van der Waals surface area contributed by atoms with E-state index in [1.807, 2.05) is 60.1 Å². The first-order valence-electron chi connectivity index (χ1n) is 8.84. The van der Waals surface area contributed by atoms with Gasteiger partial charge in [0.15, 0.2) is 0 Å². The Kier molecular flexibility index (Phi) is 4.98. The molecule has 0 bridgehead atoms. The fraction of sp³-hybridized carbons (Fsp3) is 0.333. The van der Waals surface area contributed by atoms with E-state index in [2.05, 4.69) is 31.2 Å². The lowest BCUT2D eigenvalue weighted by molar-refractivity contribution is -0.116. The second kappa shape index (κ2) is 7.20. The molecule has 0 atom stereocenters. The van der Waals surface area contributed by atoms with Gasteiger partial charge in [-0.1, -0.05) is 30.3 Å². The average Bonchev–Trinajstić information content (AvgIpc) is 3.20. The Morgan fingerprint density at radius 3 is 2.58 bits per heavy atom. The Bertz CT molecular complexity index is 886. The van der Waals surface area contributed by atoms with Crippen molar-refractivity contribution in [1.29, 1.82) is 0 Å². The Labute approximate surface area is 154 Å². The van der Waals surface area contributed by atoms with Crippen LogP contribution >= 0.6 is 0 Å². The molecule has 0 aliphatic heterocycles. The van der Waals surface area contributed by atoms with E-state index in [-0.39, 0.29) is 11.4 Å². The summed E-state index contributed by atoms with van der Waals surface area (Å²) in [4.78, 5) is 12.4. The summed E-state index contributed by atoms with van der Waals surface area (Å²) in [5, 5.41) is 7.44. The molecule has 26 heavy (non-hydrogen) atoms. The maximum absolute atomic E-state index is 12.4. The number of benzene rings is 1. The fourth-order valence-electron chi connectivity index (χ4n) is 2.81. The van der Waals surface area contributed by atoms with Crippen LogP contribution in [0.25, 0.3) is 11.3 Å². The van der Waals surface area contributed by atoms with Gasteiger partial charge in [0.25, 0.3) is 0 Å². The minimum atomic E-state index is -0.192. The van der Waals surface area contributed by atoms with Crippen molar-refractivity contribution in [3.8, 4) is 11.3 Å². The van der Waals surface area contributed by atoms with Crippen LogP contribution in [0, 0.1) is 6.92 Å². The molecule has 0 spiro atoms. The zero-order valence-corrected chi connectivity index (χ0v) is 15.7. The van der Waals surface area contributed by atoms with Crippen molar-refractivity contribution in [3.05, 3.63) is 60.0 Å². The summed E-state index contributed by atoms with van der Waals surface area (Å²) in [6.45, 7) is 8.10. The molecular weight excluding hydrogens is 326 g/mol. The van der Waals surface area contributed by atoms with Crippen LogP contribution < -0.4 is 5.32 Å². The summed E-state index contributed by atoms with van der Waals surface area (Å²) in [6.07, 6.45) is 0.914. The lowest BCUT2D eigenvalue weighted by atomic mass is 10.1. The van der Waals surface area contributed by atoms with Crippen LogP contribution in [0.5, 0.6) is 0 Å². The highest BCUT2D eigenvalue weighted by Crippen LogP contribution is 2.23. The number of carbonyl (C=O) groups excluding carboxylic acids is 1. The topological polar surface area (TPSA) is 60.1 Å². The van der Waals surface area contributed by atoms with Crippen molar-refractivity contribution in [2.75, 3.05) is 5.32 Å². The number of hydrogen-bond acceptors (Lipinski definition) is 3. The van der Waals surface area contributed by atoms with Gasteiger partial charge in [0.1, 0.15) is 17.3 Å². The first-order chi connectivity index (χ1) is 12.3. The Balaban J connectivity index is 1.61. The first kappa shape index (κ1) is 18.0. The van der Waals surface area contributed by atoms with Gasteiger partial charge in [0.05, 0.1) is 11.2 Å². The van der Waals surface area contributed by atoms with E-state index >= 15 is 0 Å². The lowest BCUT2D eigenvalue weighted by Crippen LogP contribution is -2.26. The van der Waals surface area contributed by atoms with Crippen LogP contribution in [0.2, 0.25) is 0 Å². The lowest BCUT2D eigenvalue weighted by Gasteiger charge is -2.22. The minimum absolute atomic E-state index is 0.0481. The second-order valence-corrected chi connectivity index (χ2v) is 7.43. The molecule has 0 radical (unpaired) electrons. The third-order valence-corrected chi connectivity index (χ3v) is 4.05. The van der Waals surface area contributed by atoms with Crippen molar-refractivity contribution < 1.29 is 9.21 Å². The number of aryl methyl sites for hydroxylation is 2. The molecule has 0 saturated carbocycles. The number of nitrogens with one attached hydrogen (secondary N) is 1. The van der Waals surface area contributed by atoms with Crippen molar-refractivity contribution >= 4 is 11.7 Å². The Morgan fingerprint density at radius 2 is 1.88 bits per heavy atom. The molecule has 2 heterocycles. The van der Waals surface area contributed by atoms with Crippen molar-refractivity contribution in [1.82, 2.24) is 9.78 Å². The molecule has 5 nitrogen and oxygen atoms in total. The molecule has 0 unspecified atom stereocenters. The summed E-state index contributed by atoms with van der Waals surface area (Å²) in [7, 11) is 0. The molecule has 1 aromatic carbocycles. The molecular formula is C21H25N3O2. The number of anilines is 1. The monoisotopic (exact) mass is 351 g/mol. The molecule has 5 heteroatoms. The quantitative estimate of drug-likeness (QED) is 0.720. The predicted molar refractivity (Wildman–Crippen MR) is 103 cm³/mol. The largest absolute Gasteiger partial charge is 0.461 e. The summed E-state index contributed by atoms with van der Waals surface area (Å²) in [6, 6.07) is 15.7. The maximum Gasteiger partial charge on any atom is 0.225 e. The van der Waals surface area contributed by atoms with E-state index in [9.17, 15) is 4.79 Å². The van der Waals surface area contributed by atoms with Gasteiger partial charge in [-0.15, -0.1) is 0 Å². The molecule has 0 saturated heterocycles. The molecule has 1 amide bonds. The number of carbonyl (C=O) groups is 1. The number of rotatable bonds is 5. The molecule has 0 aliphatic carbocycles. The number of furan rings is 1. The zero-order chi connectivity index (χ0) is 18.7. The van der Waals surface area contributed by atoms with E-state index in [0.29, 0.717) is 12.8 Å². The van der Waals surface area contributed by atoms with Crippen LogP contribution in [0.4, 0.5) is 5.82 Å². The predicted octanol–water partition coefficient (Wildman–Crippen LogP) is 4.78. The highest BCUT2D eigenvalue weighted by molar-refractivity contribution is 5.90. The van der Waals surface area contributed by atoms with Gasteiger partial charge in [0.2, 0.25) is 5.91 Å². The Morgan fingerprint density at radius 1 is 1.15 bits per heavy atom. The van der Waals surface area contributed by atoms with Gasteiger partial charge in [-0.2, -0.15) is 5.10 Å².